The van der Waals surface area contributed by atoms with Gasteiger partial charge in [-0.1, -0.05) is 49.4 Å². The number of carboxylic acids is 1. The summed E-state index contributed by atoms with van der Waals surface area (Å²) in [7, 11) is 0. The predicted molar refractivity (Wildman–Crippen MR) is 76.3 cm³/mol. The van der Waals surface area contributed by atoms with E-state index in [0.29, 0.717) is 11.1 Å². The largest absolute Gasteiger partial charge is 0.481 e. The first-order valence-electron chi connectivity index (χ1n) is 6.67. The van der Waals surface area contributed by atoms with Gasteiger partial charge in [0.05, 0.1) is 5.92 Å². The topological polar surface area (TPSA) is 37.3 Å². The first-order valence-corrected chi connectivity index (χ1v) is 6.67. The van der Waals surface area contributed by atoms with Crippen LogP contribution in [-0.4, -0.2) is 11.1 Å². The summed E-state index contributed by atoms with van der Waals surface area (Å²) in [5, 5.41) is 9.38. The van der Waals surface area contributed by atoms with Crippen LogP contribution in [0, 0.1) is 5.82 Å². The molecule has 0 aliphatic carbocycles. The highest BCUT2D eigenvalue weighted by molar-refractivity contribution is 5.76. The molecule has 20 heavy (non-hydrogen) atoms. The fraction of sp³-hybridized carbons (Fsp3) is 0.235. The molecule has 2 rings (SSSR count). The maximum Gasteiger partial charge on any atom is 0.311 e. The minimum Gasteiger partial charge on any atom is -0.481 e. The molecule has 0 saturated heterocycles. The van der Waals surface area contributed by atoms with Crippen molar-refractivity contribution in [2.75, 3.05) is 0 Å². The smallest absolute Gasteiger partial charge is 0.311 e. The van der Waals surface area contributed by atoms with Crippen LogP contribution in [0.15, 0.2) is 48.5 Å². The van der Waals surface area contributed by atoms with Crippen LogP contribution in [0.1, 0.15) is 29.5 Å². The molecule has 0 fully saturated rings. The lowest BCUT2D eigenvalue weighted by molar-refractivity contribution is -0.138. The Morgan fingerprint density at radius 3 is 2.35 bits per heavy atom. The third-order valence-corrected chi connectivity index (χ3v) is 3.47. The summed E-state index contributed by atoms with van der Waals surface area (Å²) in [6.07, 6.45) is 1.07. The van der Waals surface area contributed by atoms with Crippen molar-refractivity contribution in [3.63, 3.8) is 0 Å². The number of aryl methyl sites for hydroxylation is 1. The average molecular weight is 272 g/mol. The van der Waals surface area contributed by atoms with Gasteiger partial charge in [-0.3, -0.25) is 4.79 Å². The number of carbonyl (C=O) groups is 1. The molecule has 3 heteroatoms. The number of benzene rings is 2. The van der Waals surface area contributed by atoms with Gasteiger partial charge in [0.2, 0.25) is 0 Å². The third kappa shape index (κ3) is 3.23. The lowest BCUT2D eigenvalue weighted by atomic mass is 9.91. The van der Waals surface area contributed by atoms with Crippen LogP contribution in [0.4, 0.5) is 4.39 Å². The Labute approximate surface area is 117 Å². The Balaban J connectivity index is 2.27. The van der Waals surface area contributed by atoms with E-state index in [9.17, 15) is 14.3 Å². The highest BCUT2D eigenvalue weighted by atomic mass is 19.1. The zero-order chi connectivity index (χ0) is 14.5. The summed E-state index contributed by atoms with van der Waals surface area (Å²) in [4.78, 5) is 11.4. The Bertz CT molecular complexity index is 590. The first-order chi connectivity index (χ1) is 9.61. The van der Waals surface area contributed by atoms with E-state index in [1.54, 1.807) is 18.2 Å². The molecule has 104 valence electrons. The van der Waals surface area contributed by atoms with Gasteiger partial charge < -0.3 is 5.11 Å². The Morgan fingerprint density at radius 1 is 1.15 bits per heavy atom. The fourth-order valence-electron chi connectivity index (χ4n) is 2.22. The maximum absolute atomic E-state index is 13.7. The van der Waals surface area contributed by atoms with Gasteiger partial charge in [0.1, 0.15) is 5.82 Å². The number of hydrogen-bond acceptors (Lipinski definition) is 1. The average Bonchev–Trinajstić information content (AvgIpc) is 2.46. The van der Waals surface area contributed by atoms with E-state index in [2.05, 4.69) is 0 Å². The summed E-state index contributed by atoms with van der Waals surface area (Å²) in [5.41, 5.74) is 2.29. The van der Waals surface area contributed by atoms with Gasteiger partial charge in [0.15, 0.2) is 0 Å². The van der Waals surface area contributed by atoms with Crippen molar-refractivity contribution in [2.45, 2.75) is 25.7 Å². The lowest BCUT2D eigenvalue weighted by Crippen LogP contribution is -2.15. The second-order valence-electron chi connectivity index (χ2n) is 4.78. The van der Waals surface area contributed by atoms with Crippen LogP contribution < -0.4 is 0 Å². The van der Waals surface area contributed by atoms with E-state index >= 15 is 0 Å². The second kappa shape index (κ2) is 6.33. The molecule has 2 nitrogen and oxygen atoms in total. The lowest BCUT2D eigenvalue weighted by Gasteiger charge is -2.14. The SMILES string of the molecule is CCc1ccc(C(Cc2ccccc2F)C(=O)O)cc1. The predicted octanol–water partition coefficient (Wildman–Crippen LogP) is 3.80. The van der Waals surface area contributed by atoms with Crippen LogP contribution in [0.2, 0.25) is 0 Å². The van der Waals surface area contributed by atoms with Gasteiger partial charge in [-0.15, -0.1) is 0 Å². The second-order valence-corrected chi connectivity index (χ2v) is 4.78. The fourth-order valence-corrected chi connectivity index (χ4v) is 2.22. The number of carboxylic acid groups (broad SMARTS) is 1. The molecular formula is C17H17FO2. The monoisotopic (exact) mass is 272 g/mol. The van der Waals surface area contributed by atoms with Crippen LogP contribution >= 0.6 is 0 Å². The zero-order valence-corrected chi connectivity index (χ0v) is 11.3. The quantitative estimate of drug-likeness (QED) is 0.899. The minimum atomic E-state index is -0.933. The highest BCUT2D eigenvalue weighted by Gasteiger charge is 2.21. The molecule has 0 saturated carbocycles. The number of aliphatic carboxylic acids is 1. The number of hydrogen-bond donors (Lipinski definition) is 1. The van der Waals surface area contributed by atoms with Gasteiger partial charge >= 0.3 is 5.97 Å². The molecule has 1 atom stereocenters. The first kappa shape index (κ1) is 14.3. The molecule has 1 unspecified atom stereocenters. The van der Waals surface area contributed by atoms with Crippen LogP contribution in [0.5, 0.6) is 0 Å². The molecule has 0 aromatic heterocycles. The van der Waals surface area contributed by atoms with Crippen molar-refractivity contribution in [3.05, 3.63) is 71.0 Å². The van der Waals surface area contributed by atoms with E-state index in [0.717, 1.165) is 12.0 Å². The van der Waals surface area contributed by atoms with Crippen molar-refractivity contribution < 1.29 is 14.3 Å². The van der Waals surface area contributed by atoms with Crippen molar-refractivity contribution in [3.8, 4) is 0 Å². The molecule has 0 heterocycles. The number of halogens is 1. The maximum atomic E-state index is 13.7. The molecule has 0 bridgehead atoms. The van der Waals surface area contributed by atoms with Crippen molar-refractivity contribution in [1.82, 2.24) is 0 Å². The summed E-state index contributed by atoms with van der Waals surface area (Å²) in [6, 6.07) is 13.8. The Morgan fingerprint density at radius 2 is 1.80 bits per heavy atom. The Hall–Kier alpha value is -2.16. The van der Waals surface area contributed by atoms with E-state index < -0.39 is 11.9 Å². The molecule has 0 amide bonds. The van der Waals surface area contributed by atoms with Crippen LogP contribution in [0.3, 0.4) is 0 Å². The standard InChI is InChI=1S/C17H17FO2/c1-2-12-7-9-13(10-8-12)15(17(19)20)11-14-5-3-4-6-16(14)18/h3-10,15H,2,11H2,1H3,(H,19,20). The third-order valence-electron chi connectivity index (χ3n) is 3.47. The number of rotatable bonds is 5. The van der Waals surface area contributed by atoms with Crippen LogP contribution in [0.25, 0.3) is 0 Å². The summed E-state index contributed by atoms with van der Waals surface area (Å²) < 4.78 is 13.7. The normalized spacial score (nSPS) is 12.1. The summed E-state index contributed by atoms with van der Waals surface area (Å²) in [5.74, 6) is -2.01. The van der Waals surface area contributed by atoms with Gasteiger partial charge in [-0.05, 0) is 35.6 Å². The van der Waals surface area contributed by atoms with Gasteiger partial charge in [-0.25, -0.2) is 4.39 Å². The molecular weight excluding hydrogens is 255 g/mol. The highest BCUT2D eigenvalue weighted by Crippen LogP contribution is 2.23. The minimum absolute atomic E-state index is 0.160. The van der Waals surface area contributed by atoms with E-state index in [1.807, 2.05) is 31.2 Å². The van der Waals surface area contributed by atoms with Gasteiger partial charge in [-0.2, -0.15) is 0 Å². The van der Waals surface area contributed by atoms with Crippen LogP contribution in [-0.2, 0) is 17.6 Å². The molecule has 0 aliphatic rings. The molecule has 0 spiro atoms. The summed E-state index contributed by atoms with van der Waals surface area (Å²) in [6.45, 7) is 2.04. The van der Waals surface area contributed by atoms with Gasteiger partial charge in [0.25, 0.3) is 0 Å². The van der Waals surface area contributed by atoms with Crippen molar-refractivity contribution in [1.29, 1.82) is 0 Å². The van der Waals surface area contributed by atoms with E-state index in [1.165, 1.54) is 6.07 Å². The molecule has 0 aliphatic heterocycles. The Kier molecular flexibility index (Phi) is 4.51. The molecule has 1 N–H and O–H groups in total. The summed E-state index contributed by atoms with van der Waals surface area (Å²) >= 11 is 0. The zero-order valence-electron chi connectivity index (χ0n) is 11.3. The van der Waals surface area contributed by atoms with Gasteiger partial charge in [0, 0.05) is 0 Å². The van der Waals surface area contributed by atoms with Crippen molar-refractivity contribution >= 4 is 5.97 Å². The molecule has 0 radical (unpaired) electrons. The van der Waals surface area contributed by atoms with E-state index in [-0.39, 0.29) is 12.2 Å². The van der Waals surface area contributed by atoms with E-state index in [4.69, 9.17) is 0 Å². The molecule has 2 aromatic rings. The molecule has 2 aromatic carbocycles. The van der Waals surface area contributed by atoms with Crippen molar-refractivity contribution in [2.24, 2.45) is 0 Å².